The van der Waals surface area contributed by atoms with E-state index in [1.807, 2.05) is 7.05 Å². The average Bonchev–Trinajstić information content (AvgIpc) is 2.61. The summed E-state index contributed by atoms with van der Waals surface area (Å²) < 4.78 is 4.99. The molecule has 0 atom stereocenters. The zero-order chi connectivity index (χ0) is 10.4. The molecule has 1 heterocycles. The van der Waals surface area contributed by atoms with Gasteiger partial charge >= 0.3 is 5.97 Å². The number of hydrogen-bond acceptors (Lipinski definition) is 4. The van der Waals surface area contributed by atoms with Crippen LogP contribution in [0, 0.1) is 0 Å². The molecule has 14 heavy (non-hydrogen) atoms. The highest BCUT2D eigenvalue weighted by Gasteiger charge is 2.07. The molecule has 0 saturated heterocycles. The lowest BCUT2D eigenvalue weighted by atomic mass is 10.4. The summed E-state index contributed by atoms with van der Waals surface area (Å²) in [5.41, 5.74) is 0. The van der Waals surface area contributed by atoms with Gasteiger partial charge < -0.3 is 20.2 Å². The van der Waals surface area contributed by atoms with Crippen LogP contribution in [0.3, 0.4) is 0 Å². The van der Waals surface area contributed by atoms with Crippen molar-refractivity contribution in [1.82, 2.24) is 5.32 Å². The van der Waals surface area contributed by atoms with E-state index in [4.69, 9.17) is 9.52 Å². The monoisotopic (exact) mass is 198 g/mol. The van der Waals surface area contributed by atoms with Gasteiger partial charge in [0.15, 0.2) is 5.88 Å². The van der Waals surface area contributed by atoms with Crippen molar-refractivity contribution < 1.29 is 14.3 Å². The Morgan fingerprint density at radius 3 is 2.86 bits per heavy atom. The molecule has 5 heteroatoms. The third-order valence-corrected chi connectivity index (χ3v) is 1.72. The maximum atomic E-state index is 10.5. The summed E-state index contributed by atoms with van der Waals surface area (Å²) in [5, 5.41) is 14.6. The van der Waals surface area contributed by atoms with Crippen LogP contribution >= 0.6 is 0 Å². The van der Waals surface area contributed by atoms with Crippen molar-refractivity contribution in [2.45, 2.75) is 6.42 Å². The Morgan fingerprint density at radius 1 is 1.50 bits per heavy atom. The molecule has 0 aliphatic heterocycles. The van der Waals surface area contributed by atoms with E-state index in [2.05, 4.69) is 10.6 Å². The third-order valence-electron chi connectivity index (χ3n) is 1.72. The summed E-state index contributed by atoms with van der Waals surface area (Å²) in [6, 6.07) is 3.05. The third kappa shape index (κ3) is 3.10. The summed E-state index contributed by atoms with van der Waals surface area (Å²) in [6.07, 6.45) is 0.958. The Kier molecular flexibility index (Phi) is 4.00. The topological polar surface area (TPSA) is 74.5 Å². The van der Waals surface area contributed by atoms with Crippen LogP contribution in [0.1, 0.15) is 17.0 Å². The minimum absolute atomic E-state index is 0.0406. The molecule has 0 saturated carbocycles. The predicted molar refractivity (Wildman–Crippen MR) is 52.7 cm³/mol. The standard InChI is InChI=1S/C9H14N2O3/c1-10-5-2-6-11-8-4-3-7(14-8)9(12)13/h3-4,10-11H,2,5-6H2,1H3,(H,12,13). The smallest absolute Gasteiger partial charge is 0.371 e. The molecule has 1 rings (SSSR count). The van der Waals surface area contributed by atoms with Crippen LogP contribution in [0.4, 0.5) is 5.88 Å². The van der Waals surface area contributed by atoms with Crippen LogP contribution in [0.5, 0.6) is 0 Å². The number of carboxylic acids is 1. The van der Waals surface area contributed by atoms with Gasteiger partial charge in [-0.1, -0.05) is 0 Å². The Labute approximate surface area is 82.1 Å². The van der Waals surface area contributed by atoms with E-state index in [9.17, 15) is 4.79 Å². The Balaban J connectivity index is 2.33. The van der Waals surface area contributed by atoms with Crippen LogP contribution in [0.15, 0.2) is 16.5 Å². The molecule has 1 aromatic heterocycles. The number of nitrogens with one attached hydrogen (secondary N) is 2. The molecule has 0 radical (unpaired) electrons. The molecule has 78 valence electrons. The first-order chi connectivity index (χ1) is 6.74. The molecule has 0 fully saturated rings. The molecule has 3 N–H and O–H groups in total. The van der Waals surface area contributed by atoms with Crippen LogP contribution in [0.25, 0.3) is 0 Å². The summed E-state index contributed by atoms with van der Waals surface area (Å²) in [5.74, 6) is -0.590. The van der Waals surface area contributed by atoms with Gasteiger partial charge in [-0.25, -0.2) is 4.79 Å². The Hall–Kier alpha value is -1.49. The van der Waals surface area contributed by atoms with Crippen molar-refractivity contribution in [1.29, 1.82) is 0 Å². The molecule has 0 unspecified atom stereocenters. The van der Waals surface area contributed by atoms with Gasteiger partial charge in [0.1, 0.15) is 0 Å². The maximum Gasteiger partial charge on any atom is 0.371 e. The first-order valence-corrected chi connectivity index (χ1v) is 4.45. The number of hydrogen-bond donors (Lipinski definition) is 3. The predicted octanol–water partition coefficient (Wildman–Crippen LogP) is 0.999. The fourth-order valence-electron chi connectivity index (χ4n) is 1.02. The second kappa shape index (κ2) is 5.29. The molecule has 0 aliphatic carbocycles. The van der Waals surface area contributed by atoms with Gasteiger partial charge in [0.25, 0.3) is 0 Å². The van der Waals surface area contributed by atoms with Gasteiger partial charge in [-0.15, -0.1) is 0 Å². The number of furan rings is 1. The average molecular weight is 198 g/mol. The lowest BCUT2D eigenvalue weighted by molar-refractivity contribution is 0.0663. The van der Waals surface area contributed by atoms with Crippen molar-refractivity contribution in [2.75, 3.05) is 25.5 Å². The highest BCUT2D eigenvalue weighted by atomic mass is 16.4. The molecule has 5 nitrogen and oxygen atoms in total. The van der Waals surface area contributed by atoms with Gasteiger partial charge in [-0.3, -0.25) is 0 Å². The van der Waals surface area contributed by atoms with Crippen molar-refractivity contribution in [3.05, 3.63) is 17.9 Å². The second-order valence-electron chi connectivity index (χ2n) is 2.85. The Bertz CT molecular complexity index is 296. The highest BCUT2D eigenvalue weighted by molar-refractivity contribution is 5.84. The number of carbonyl (C=O) groups is 1. The zero-order valence-corrected chi connectivity index (χ0v) is 8.04. The van der Waals surface area contributed by atoms with E-state index in [0.717, 1.165) is 19.5 Å². The second-order valence-corrected chi connectivity index (χ2v) is 2.85. The highest BCUT2D eigenvalue weighted by Crippen LogP contribution is 2.12. The van der Waals surface area contributed by atoms with Crippen LogP contribution < -0.4 is 10.6 Å². The molecule has 0 aliphatic rings. The van der Waals surface area contributed by atoms with Crippen molar-refractivity contribution >= 4 is 11.9 Å². The van der Waals surface area contributed by atoms with E-state index >= 15 is 0 Å². The number of carboxylic acid groups (broad SMARTS) is 1. The largest absolute Gasteiger partial charge is 0.475 e. The minimum Gasteiger partial charge on any atom is -0.475 e. The summed E-state index contributed by atoms with van der Waals surface area (Å²) >= 11 is 0. The van der Waals surface area contributed by atoms with E-state index in [0.29, 0.717) is 5.88 Å². The molecule has 0 spiro atoms. The number of rotatable bonds is 6. The van der Waals surface area contributed by atoms with E-state index in [1.165, 1.54) is 6.07 Å². The van der Waals surface area contributed by atoms with Gasteiger partial charge in [0.2, 0.25) is 5.76 Å². The van der Waals surface area contributed by atoms with Crippen LogP contribution in [-0.4, -0.2) is 31.2 Å². The van der Waals surface area contributed by atoms with Gasteiger partial charge in [-0.05, 0) is 26.1 Å². The number of aromatic carboxylic acids is 1. The normalized spacial score (nSPS) is 10.1. The van der Waals surface area contributed by atoms with Crippen molar-refractivity contribution in [2.24, 2.45) is 0 Å². The van der Waals surface area contributed by atoms with E-state index in [-0.39, 0.29) is 5.76 Å². The Morgan fingerprint density at radius 2 is 2.29 bits per heavy atom. The quantitative estimate of drug-likeness (QED) is 0.594. The SMILES string of the molecule is CNCCCNc1ccc(C(=O)O)o1. The van der Waals surface area contributed by atoms with Crippen molar-refractivity contribution in [3.8, 4) is 0 Å². The fraction of sp³-hybridized carbons (Fsp3) is 0.444. The molecular weight excluding hydrogens is 184 g/mol. The summed E-state index contributed by atoms with van der Waals surface area (Å²) in [6.45, 7) is 1.67. The first kappa shape index (κ1) is 10.6. The molecule has 1 aromatic rings. The van der Waals surface area contributed by atoms with E-state index < -0.39 is 5.97 Å². The maximum absolute atomic E-state index is 10.5. The summed E-state index contributed by atoms with van der Waals surface area (Å²) in [7, 11) is 1.88. The lowest BCUT2D eigenvalue weighted by Crippen LogP contribution is -2.12. The fourth-order valence-corrected chi connectivity index (χ4v) is 1.02. The minimum atomic E-state index is -1.05. The molecule has 0 amide bonds. The summed E-state index contributed by atoms with van der Waals surface area (Å²) in [4.78, 5) is 10.5. The van der Waals surface area contributed by atoms with Crippen LogP contribution in [-0.2, 0) is 0 Å². The molecule has 0 bridgehead atoms. The first-order valence-electron chi connectivity index (χ1n) is 4.45. The number of anilines is 1. The van der Waals surface area contributed by atoms with E-state index in [1.54, 1.807) is 6.07 Å². The lowest BCUT2D eigenvalue weighted by Gasteiger charge is -2.01. The van der Waals surface area contributed by atoms with Crippen LogP contribution in [0.2, 0.25) is 0 Å². The molecular formula is C9H14N2O3. The molecule has 0 aromatic carbocycles. The van der Waals surface area contributed by atoms with Gasteiger partial charge in [-0.2, -0.15) is 0 Å². The van der Waals surface area contributed by atoms with Gasteiger partial charge in [0.05, 0.1) is 0 Å². The van der Waals surface area contributed by atoms with Gasteiger partial charge in [0, 0.05) is 12.6 Å². The zero-order valence-electron chi connectivity index (χ0n) is 8.04. The van der Waals surface area contributed by atoms with Crippen molar-refractivity contribution in [3.63, 3.8) is 0 Å².